The fourth-order valence-electron chi connectivity index (χ4n) is 2.97. The first-order valence-electron chi connectivity index (χ1n) is 10.2. The van der Waals surface area contributed by atoms with Crippen molar-refractivity contribution in [1.82, 2.24) is 5.43 Å². The molecule has 34 heavy (non-hydrogen) atoms. The standard InChI is InChI=1S/C24H21ClIN3O5/c1-2-33-22-12-17(11-21(26)24(22)34-15-18-5-3-4-6-20(18)25)14-27-28-23(30)13-16-7-9-19(10-8-16)29(31)32/h3-12,14H,2,13,15H2,1H3,(H,28,30)/b27-14+. The average Bonchev–Trinajstić information content (AvgIpc) is 2.80. The van der Waals surface area contributed by atoms with Crippen LogP contribution in [0.25, 0.3) is 0 Å². The molecule has 8 nitrogen and oxygen atoms in total. The Hall–Kier alpha value is -3.18. The Balaban J connectivity index is 1.65. The zero-order valence-corrected chi connectivity index (χ0v) is 21.1. The number of nitro benzene ring substituents is 1. The molecule has 1 N–H and O–H groups in total. The highest BCUT2D eigenvalue weighted by Gasteiger charge is 2.13. The third kappa shape index (κ3) is 7.16. The van der Waals surface area contributed by atoms with Crippen LogP contribution in [0, 0.1) is 13.7 Å². The first kappa shape index (κ1) is 25.4. The molecule has 10 heteroatoms. The molecule has 1 amide bonds. The number of non-ortho nitro benzene ring substituents is 1. The van der Waals surface area contributed by atoms with E-state index in [0.717, 1.165) is 9.13 Å². The quantitative estimate of drug-likeness (QED) is 0.144. The fourth-order valence-corrected chi connectivity index (χ4v) is 3.94. The first-order valence-corrected chi connectivity index (χ1v) is 11.7. The second kappa shape index (κ2) is 12.3. The Morgan fingerprint density at radius 2 is 1.91 bits per heavy atom. The van der Waals surface area contributed by atoms with E-state index in [-0.39, 0.29) is 18.0 Å². The zero-order valence-electron chi connectivity index (χ0n) is 18.2. The monoisotopic (exact) mass is 593 g/mol. The molecule has 0 saturated carbocycles. The summed E-state index contributed by atoms with van der Waals surface area (Å²) >= 11 is 8.37. The van der Waals surface area contributed by atoms with Crippen molar-refractivity contribution in [2.45, 2.75) is 20.0 Å². The van der Waals surface area contributed by atoms with Crippen LogP contribution in [0.5, 0.6) is 11.5 Å². The number of ether oxygens (including phenoxy) is 2. The zero-order chi connectivity index (χ0) is 24.5. The molecule has 0 bridgehead atoms. The lowest BCUT2D eigenvalue weighted by atomic mass is 10.1. The number of rotatable bonds is 10. The van der Waals surface area contributed by atoms with Gasteiger partial charge >= 0.3 is 0 Å². The van der Waals surface area contributed by atoms with Gasteiger partial charge in [0.05, 0.1) is 27.7 Å². The molecular formula is C24H21ClIN3O5. The molecule has 3 rings (SSSR count). The van der Waals surface area contributed by atoms with Gasteiger partial charge in [-0.05, 0) is 58.8 Å². The summed E-state index contributed by atoms with van der Waals surface area (Å²) in [6.07, 6.45) is 1.56. The molecule has 0 radical (unpaired) electrons. The summed E-state index contributed by atoms with van der Waals surface area (Å²) in [4.78, 5) is 22.4. The van der Waals surface area contributed by atoms with Gasteiger partial charge in [-0.25, -0.2) is 5.43 Å². The molecular weight excluding hydrogens is 573 g/mol. The number of carbonyl (C=O) groups excluding carboxylic acids is 1. The van der Waals surface area contributed by atoms with E-state index in [9.17, 15) is 14.9 Å². The Labute approximate surface area is 215 Å². The molecule has 0 fully saturated rings. The number of hydrogen-bond donors (Lipinski definition) is 1. The van der Waals surface area contributed by atoms with Gasteiger partial charge in [0.15, 0.2) is 11.5 Å². The number of amides is 1. The SMILES string of the molecule is CCOc1cc(/C=N/NC(=O)Cc2ccc([N+](=O)[O-])cc2)cc(I)c1OCc1ccccc1Cl. The van der Waals surface area contributed by atoms with Crippen molar-refractivity contribution in [3.8, 4) is 11.5 Å². The van der Waals surface area contributed by atoms with Crippen LogP contribution in [0.2, 0.25) is 5.02 Å². The topological polar surface area (TPSA) is 103 Å². The van der Waals surface area contributed by atoms with Crippen LogP contribution in [0.1, 0.15) is 23.6 Å². The minimum absolute atomic E-state index is 0.0267. The molecule has 0 aliphatic rings. The summed E-state index contributed by atoms with van der Waals surface area (Å²) in [5.74, 6) is 0.811. The van der Waals surface area contributed by atoms with E-state index in [1.165, 1.54) is 18.3 Å². The maximum absolute atomic E-state index is 12.1. The Morgan fingerprint density at radius 1 is 1.18 bits per heavy atom. The molecule has 0 aliphatic heterocycles. The van der Waals surface area contributed by atoms with Crippen LogP contribution in [-0.4, -0.2) is 23.7 Å². The van der Waals surface area contributed by atoms with Gasteiger partial charge in [0, 0.05) is 22.7 Å². The molecule has 0 spiro atoms. The molecule has 0 atom stereocenters. The summed E-state index contributed by atoms with van der Waals surface area (Å²) in [6.45, 7) is 2.62. The summed E-state index contributed by atoms with van der Waals surface area (Å²) in [5, 5.41) is 15.4. The van der Waals surface area contributed by atoms with Crippen molar-refractivity contribution in [3.63, 3.8) is 0 Å². The van der Waals surface area contributed by atoms with Gasteiger partial charge in [0.1, 0.15) is 6.61 Å². The predicted molar refractivity (Wildman–Crippen MR) is 139 cm³/mol. The number of nitrogens with zero attached hydrogens (tertiary/aromatic N) is 2. The van der Waals surface area contributed by atoms with Gasteiger partial charge in [-0.1, -0.05) is 41.9 Å². The second-order valence-corrected chi connectivity index (χ2v) is 8.61. The Morgan fingerprint density at radius 3 is 2.59 bits per heavy atom. The number of nitro groups is 1. The van der Waals surface area contributed by atoms with E-state index in [1.54, 1.807) is 18.2 Å². The number of hydrazone groups is 1. The third-order valence-corrected chi connectivity index (χ3v) is 5.75. The Kier molecular flexibility index (Phi) is 9.23. The minimum atomic E-state index is -0.487. The lowest BCUT2D eigenvalue weighted by Gasteiger charge is -2.15. The maximum Gasteiger partial charge on any atom is 0.269 e. The van der Waals surface area contributed by atoms with Gasteiger partial charge < -0.3 is 9.47 Å². The van der Waals surface area contributed by atoms with E-state index in [1.807, 2.05) is 37.3 Å². The second-order valence-electron chi connectivity index (χ2n) is 7.04. The van der Waals surface area contributed by atoms with Crippen LogP contribution in [0.4, 0.5) is 5.69 Å². The molecule has 0 unspecified atom stereocenters. The van der Waals surface area contributed by atoms with Crippen molar-refractivity contribution in [1.29, 1.82) is 0 Å². The number of nitrogens with one attached hydrogen (secondary N) is 1. The van der Waals surface area contributed by atoms with Gasteiger partial charge in [-0.3, -0.25) is 14.9 Å². The van der Waals surface area contributed by atoms with Crippen LogP contribution < -0.4 is 14.9 Å². The number of hydrogen-bond acceptors (Lipinski definition) is 6. The summed E-state index contributed by atoms with van der Waals surface area (Å²) in [7, 11) is 0. The highest BCUT2D eigenvalue weighted by atomic mass is 127. The first-order chi connectivity index (χ1) is 16.4. The smallest absolute Gasteiger partial charge is 0.269 e. The predicted octanol–water partition coefficient (Wildman–Crippen LogP) is 5.52. The molecule has 0 heterocycles. The highest BCUT2D eigenvalue weighted by Crippen LogP contribution is 2.35. The van der Waals surface area contributed by atoms with Crippen molar-refractivity contribution in [2.24, 2.45) is 5.10 Å². The molecule has 3 aromatic carbocycles. The third-order valence-electron chi connectivity index (χ3n) is 4.58. The lowest BCUT2D eigenvalue weighted by molar-refractivity contribution is -0.384. The minimum Gasteiger partial charge on any atom is -0.490 e. The van der Waals surface area contributed by atoms with Crippen LogP contribution in [-0.2, 0) is 17.8 Å². The molecule has 176 valence electrons. The largest absolute Gasteiger partial charge is 0.490 e. The van der Waals surface area contributed by atoms with E-state index in [2.05, 4.69) is 33.1 Å². The van der Waals surface area contributed by atoms with Crippen LogP contribution in [0.3, 0.4) is 0 Å². The van der Waals surface area contributed by atoms with Gasteiger partial charge in [0.2, 0.25) is 5.91 Å². The average molecular weight is 594 g/mol. The molecule has 0 aromatic heterocycles. The van der Waals surface area contributed by atoms with Crippen molar-refractivity contribution in [3.05, 3.63) is 96.1 Å². The lowest BCUT2D eigenvalue weighted by Crippen LogP contribution is -2.19. The number of halogens is 2. The van der Waals surface area contributed by atoms with Gasteiger partial charge in [-0.15, -0.1) is 0 Å². The molecule has 0 aliphatic carbocycles. The molecule has 0 saturated heterocycles. The molecule has 3 aromatic rings. The van der Waals surface area contributed by atoms with Crippen LogP contribution >= 0.6 is 34.2 Å². The summed E-state index contributed by atoms with van der Waals surface area (Å²) in [5.41, 5.74) is 4.66. The van der Waals surface area contributed by atoms with Gasteiger partial charge in [0.25, 0.3) is 5.69 Å². The van der Waals surface area contributed by atoms with Gasteiger partial charge in [-0.2, -0.15) is 5.10 Å². The number of carbonyl (C=O) groups is 1. The van der Waals surface area contributed by atoms with Crippen LogP contribution in [0.15, 0.2) is 65.8 Å². The van der Waals surface area contributed by atoms with Crippen molar-refractivity contribution in [2.75, 3.05) is 6.61 Å². The highest BCUT2D eigenvalue weighted by molar-refractivity contribution is 14.1. The summed E-state index contributed by atoms with van der Waals surface area (Å²) in [6, 6.07) is 16.9. The Bertz CT molecular complexity index is 1200. The van der Waals surface area contributed by atoms with E-state index in [0.29, 0.717) is 40.9 Å². The number of benzene rings is 3. The van der Waals surface area contributed by atoms with Crippen molar-refractivity contribution >= 4 is 52.0 Å². The van der Waals surface area contributed by atoms with E-state index >= 15 is 0 Å². The normalized spacial score (nSPS) is 10.8. The maximum atomic E-state index is 12.1. The van der Waals surface area contributed by atoms with Crippen molar-refractivity contribution < 1.29 is 19.2 Å². The van der Waals surface area contributed by atoms with E-state index in [4.69, 9.17) is 21.1 Å². The fraction of sp³-hybridized carbons (Fsp3) is 0.167. The summed E-state index contributed by atoms with van der Waals surface area (Å²) < 4.78 is 12.6. The van der Waals surface area contributed by atoms with E-state index < -0.39 is 4.92 Å².